The molecule has 1 nitrogen and oxygen atoms in total. The van der Waals surface area contributed by atoms with E-state index in [1.54, 1.807) is 0 Å². The molecule has 0 radical (unpaired) electrons. The predicted octanol–water partition coefficient (Wildman–Crippen LogP) is -6.21. The van der Waals surface area contributed by atoms with E-state index >= 15 is 0 Å². The van der Waals surface area contributed by atoms with Gasteiger partial charge in [-0.2, -0.15) is 0 Å². The van der Waals surface area contributed by atoms with E-state index in [0.29, 0.717) is 0 Å². The fraction of sp³-hybridized carbons (Fsp3) is 0. The van der Waals surface area contributed by atoms with Crippen molar-refractivity contribution in [3.8, 4) is 0 Å². The van der Waals surface area contributed by atoms with E-state index < -0.39 is 0 Å². The Morgan fingerprint density at radius 3 is 1.25 bits per heavy atom. The van der Waals surface area contributed by atoms with Gasteiger partial charge in [-0.25, -0.2) is 0 Å². The molecule has 0 heterocycles. The van der Waals surface area contributed by atoms with Crippen molar-refractivity contribution in [3.63, 3.8) is 0 Å². The summed E-state index contributed by atoms with van der Waals surface area (Å²) in [6, 6.07) is 0. The molecule has 0 spiro atoms. The number of hydrogen-bond acceptors (Lipinski definition) is 1. The largest absolute Gasteiger partial charge is 2.00 e. The molecule has 0 saturated carbocycles. The fourth-order valence-corrected chi connectivity index (χ4v) is 0. The van der Waals surface area contributed by atoms with Crippen LogP contribution in [-0.4, -0.2) is 43.2 Å². The first-order valence-electron chi connectivity index (χ1n) is 0. The van der Waals surface area contributed by atoms with Crippen LogP contribution in [0.1, 0.15) is 4.28 Å². The molecular formula is H4CaKNaO. The summed E-state index contributed by atoms with van der Waals surface area (Å²) in [6.07, 6.45) is 0. The Labute approximate surface area is 125 Å². The van der Waals surface area contributed by atoms with E-state index in [1.807, 2.05) is 0 Å². The molecule has 1 N–H and O–H groups in total. The molecule has 0 amide bonds. The number of rotatable bonds is 0. The van der Waals surface area contributed by atoms with Crippen LogP contribution in [-0.2, 0) is 0 Å². The molecule has 0 aliphatic rings. The number of hydrogen-bond donors (Lipinski definition) is 0. The van der Waals surface area contributed by atoms with Crippen LogP contribution in [0.4, 0.5) is 0 Å². The summed E-state index contributed by atoms with van der Waals surface area (Å²) in [5.74, 6) is 0. The molecule has 14 valence electrons. The van der Waals surface area contributed by atoms with Crippen molar-refractivity contribution in [1.29, 1.82) is 0 Å². The van der Waals surface area contributed by atoms with Gasteiger partial charge in [-0.3, -0.25) is 0 Å². The molecule has 0 aliphatic heterocycles. The van der Waals surface area contributed by atoms with Gasteiger partial charge in [0, 0.05) is 0 Å². The zero-order valence-electron chi connectivity index (χ0n) is 6.15. The van der Waals surface area contributed by atoms with Crippen LogP contribution in [0.15, 0.2) is 0 Å². The molecule has 0 fully saturated rings. The van der Waals surface area contributed by atoms with E-state index in [2.05, 4.69) is 0 Å². The minimum atomic E-state index is 0. The van der Waals surface area contributed by atoms with Crippen molar-refractivity contribution in [3.05, 3.63) is 0 Å². The van der Waals surface area contributed by atoms with Gasteiger partial charge in [0.25, 0.3) is 0 Å². The van der Waals surface area contributed by atoms with Gasteiger partial charge in [0.05, 0.1) is 0 Å². The topological polar surface area (TPSA) is 30.0 Å². The molecule has 0 bridgehead atoms. The molecule has 0 rings (SSSR count). The van der Waals surface area contributed by atoms with Crippen LogP contribution in [0.25, 0.3) is 0 Å². The first-order valence-corrected chi connectivity index (χ1v) is 0. The van der Waals surface area contributed by atoms with Gasteiger partial charge in [-0.15, -0.1) is 0 Å². The van der Waals surface area contributed by atoms with Crippen LogP contribution >= 0.6 is 0 Å². The first-order chi connectivity index (χ1) is 0. The van der Waals surface area contributed by atoms with Gasteiger partial charge in [0.1, 0.15) is 0 Å². The summed E-state index contributed by atoms with van der Waals surface area (Å²) in [5, 5.41) is 0. The molecule has 0 aliphatic carbocycles. The van der Waals surface area contributed by atoms with Crippen LogP contribution in [0.2, 0.25) is 0 Å². The van der Waals surface area contributed by atoms with Gasteiger partial charge >= 0.3 is 119 Å². The first kappa shape index (κ1) is 24.8. The summed E-state index contributed by atoms with van der Waals surface area (Å²) < 4.78 is 0. The zero-order chi connectivity index (χ0) is 0. The monoisotopic (exact) mass is 122 g/mol. The third-order valence-electron chi connectivity index (χ3n) is 0. The Morgan fingerprint density at radius 1 is 1.25 bits per heavy atom. The third kappa shape index (κ3) is 9.29. The maximum atomic E-state index is 0. The van der Waals surface area contributed by atoms with E-state index in [1.165, 1.54) is 0 Å². The van der Waals surface area contributed by atoms with Crippen molar-refractivity contribution in [2.75, 3.05) is 0 Å². The maximum Gasteiger partial charge on any atom is 2.00 e. The van der Waals surface area contributed by atoms with Gasteiger partial charge < -0.3 is 9.76 Å². The molecule has 0 aromatic heterocycles. The second-order valence-electron chi connectivity index (χ2n) is 0. The molecule has 4 heavy (non-hydrogen) atoms. The molecule has 0 aromatic carbocycles. The van der Waals surface area contributed by atoms with E-state index in [0.717, 1.165) is 0 Å². The van der Waals surface area contributed by atoms with Crippen molar-refractivity contribution in [2.45, 2.75) is 0 Å². The molecule has 0 unspecified atom stereocenters. The Hall–Kier alpha value is 3.86. The Morgan fingerprint density at radius 2 is 1.25 bits per heavy atom. The third-order valence-corrected chi connectivity index (χ3v) is 0. The van der Waals surface area contributed by atoms with Crippen molar-refractivity contribution in [2.24, 2.45) is 0 Å². The standard InChI is InChI=1S/Ca.K.Na.H2O.3H/h;;;1H2;;;/q+2;2*+1;;3*-1/p-1. The fourth-order valence-electron chi connectivity index (χ4n) is 0. The van der Waals surface area contributed by atoms with Crippen molar-refractivity contribution in [1.82, 2.24) is 0 Å². The van der Waals surface area contributed by atoms with Crippen LogP contribution in [0.5, 0.6) is 0 Å². The second kappa shape index (κ2) is 15.8. The maximum absolute atomic E-state index is 0. The van der Waals surface area contributed by atoms with E-state index in [4.69, 9.17) is 0 Å². The van der Waals surface area contributed by atoms with E-state index in [-0.39, 0.29) is 128 Å². The molecule has 0 aromatic rings. The molecule has 0 atom stereocenters. The second-order valence-corrected chi connectivity index (χ2v) is 0. The van der Waals surface area contributed by atoms with Gasteiger partial charge in [0.15, 0.2) is 0 Å². The summed E-state index contributed by atoms with van der Waals surface area (Å²) in [5.41, 5.74) is 0. The van der Waals surface area contributed by atoms with Crippen LogP contribution < -0.4 is 80.9 Å². The van der Waals surface area contributed by atoms with Gasteiger partial charge in [0.2, 0.25) is 0 Å². The van der Waals surface area contributed by atoms with Crippen LogP contribution in [0, 0.1) is 0 Å². The molecular weight excluding hydrogens is 118 g/mol. The molecule has 0 saturated heterocycles. The van der Waals surface area contributed by atoms with Crippen LogP contribution in [0.3, 0.4) is 0 Å². The smallest absolute Gasteiger partial charge is 1.00 e. The zero-order valence-corrected chi connectivity index (χ0v) is 10.5. The summed E-state index contributed by atoms with van der Waals surface area (Å²) in [6.45, 7) is 0. The van der Waals surface area contributed by atoms with Crippen molar-refractivity contribution < 1.29 is 90.7 Å². The average Bonchev–Trinajstić information content (AvgIpc) is 0. The van der Waals surface area contributed by atoms with Gasteiger partial charge in [-0.05, 0) is 0 Å². The summed E-state index contributed by atoms with van der Waals surface area (Å²) >= 11 is 0. The normalized spacial score (nSPS) is 0. The predicted molar refractivity (Wildman–Crippen MR) is 11.0 cm³/mol. The quantitative estimate of drug-likeness (QED) is 0.294. The summed E-state index contributed by atoms with van der Waals surface area (Å²) in [4.78, 5) is 0. The summed E-state index contributed by atoms with van der Waals surface area (Å²) in [7, 11) is 0. The average molecular weight is 122 g/mol. The minimum absolute atomic E-state index is 0. The SMILES string of the molecule is [Ca+2].[H-].[H-].[H-].[K+].[Na+].[OH-]. The minimum Gasteiger partial charge on any atom is -1.00 e. The van der Waals surface area contributed by atoms with Gasteiger partial charge in [-0.1, -0.05) is 0 Å². The molecule has 4 heteroatoms. The van der Waals surface area contributed by atoms with E-state index in [9.17, 15) is 0 Å². The Balaban J connectivity index is 0. The Bertz CT molecular complexity index is 14.9. The Kier molecular flexibility index (Phi) is 98.2. The van der Waals surface area contributed by atoms with Crippen molar-refractivity contribution >= 4 is 37.7 Å².